The number of nitrogens with one attached hydrogen (secondary N) is 2. The third-order valence-electron chi connectivity index (χ3n) is 4.76. The maximum absolute atomic E-state index is 12.3. The van der Waals surface area contributed by atoms with Gasteiger partial charge in [-0.2, -0.15) is 0 Å². The second-order valence-electron chi connectivity index (χ2n) is 6.80. The Morgan fingerprint density at radius 1 is 1.25 bits per heavy atom. The van der Waals surface area contributed by atoms with E-state index in [2.05, 4.69) is 35.2 Å². The summed E-state index contributed by atoms with van der Waals surface area (Å²) in [5.74, 6) is -0.0685. The van der Waals surface area contributed by atoms with Crippen LogP contribution in [0.4, 0.5) is 0 Å². The number of carbonyl (C=O) groups excluding carboxylic acids is 1. The first kappa shape index (κ1) is 18.3. The number of nitrogens with zero attached hydrogens (tertiary/aromatic N) is 2. The third kappa shape index (κ3) is 3.53. The fourth-order valence-corrected chi connectivity index (χ4v) is 3.31. The second kappa shape index (κ2) is 7.16. The number of H-pyrrole nitrogens is 1. The van der Waals surface area contributed by atoms with Crippen molar-refractivity contribution < 1.29 is 9.21 Å². The van der Waals surface area contributed by atoms with E-state index in [1.807, 2.05) is 6.07 Å². The normalized spacial score (nSPS) is 11.4. The molecule has 2 heterocycles. The molecule has 8 heteroatoms. The van der Waals surface area contributed by atoms with Crippen LogP contribution in [-0.2, 0) is 17.8 Å². The minimum atomic E-state index is -0.588. The Hall–Kier alpha value is -3.06. The summed E-state index contributed by atoms with van der Waals surface area (Å²) >= 11 is 5.97. The molecule has 0 unspecified atom stereocenters. The summed E-state index contributed by atoms with van der Waals surface area (Å²) < 4.78 is 6.40. The fourth-order valence-electron chi connectivity index (χ4n) is 3.15. The number of hydrogen-bond acceptors (Lipinski definition) is 4. The summed E-state index contributed by atoms with van der Waals surface area (Å²) in [6.07, 6.45) is 0.561. The van der Waals surface area contributed by atoms with Gasteiger partial charge in [-0.05, 0) is 55.3 Å². The van der Waals surface area contributed by atoms with Crippen molar-refractivity contribution in [2.45, 2.75) is 26.8 Å². The Kier molecular flexibility index (Phi) is 4.68. The summed E-state index contributed by atoms with van der Waals surface area (Å²) in [5, 5.41) is 3.28. The zero-order valence-electron chi connectivity index (χ0n) is 15.5. The highest BCUT2D eigenvalue weighted by molar-refractivity contribution is 6.31. The zero-order valence-corrected chi connectivity index (χ0v) is 16.3. The van der Waals surface area contributed by atoms with Crippen molar-refractivity contribution in [1.82, 2.24) is 19.9 Å². The van der Waals surface area contributed by atoms with E-state index in [1.165, 1.54) is 15.7 Å². The van der Waals surface area contributed by atoms with Gasteiger partial charge in [0.15, 0.2) is 5.58 Å². The molecule has 144 valence electrons. The van der Waals surface area contributed by atoms with Gasteiger partial charge in [0.25, 0.3) is 0 Å². The number of hydrogen-bond donors (Lipinski definition) is 2. The summed E-state index contributed by atoms with van der Waals surface area (Å²) in [5.41, 5.74) is 5.19. The molecule has 0 spiro atoms. The Balaban J connectivity index is 1.41. The van der Waals surface area contributed by atoms with Crippen LogP contribution in [0.15, 0.2) is 39.5 Å². The lowest BCUT2D eigenvalue weighted by atomic mass is 10.1. The van der Waals surface area contributed by atoms with Crippen LogP contribution in [0, 0.1) is 13.8 Å². The van der Waals surface area contributed by atoms with Gasteiger partial charge < -0.3 is 14.7 Å². The number of carbonyl (C=O) groups is 1. The number of rotatable bonds is 5. The van der Waals surface area contributed by atoms with E-state index < -0.39 is 5.76 Å². The molecule has 0 saturated heterocycles. The lowest BCUT2D eigenvalue weighted by Gasteiger charge is -2.05. The van der Waals surface area contributed by atoms with Gasteiger partial charge in [0.2, 0.25) is 5.91 Å². The molecule has 0 saturated carbocycles. The van der Waals surface area contributed by atoms with Crippen molar-refractivity contribution in [1.29, 1.82) is 0 Å². The van der Waals surface area contributed by atoms with Crippen molar-refractivity contribution in [2.24, 2.45) is 0 Å². The molecule has 28 heavy (non-hydrogen) atoms. The number of aryl methyl sites for hydroxylation is 2. The van der Waals surface area contributed by atoms with Gasteiger partial charge in [0.1, 0.15) is 12.4 Å². The van der Waals surface area contributed by atoms with E-state index in [1.54, 1.807) is 18.2 Å². The first-order valence-electron chi connectivity index (χ1n) is 8.92. The average molecular weight is 399 g/mol. The van der Waals surface area contributed by atoms with Crippen molar-refractivity contribution in [3.8, 4) is 0 Å². The van der Waals surface area contributed by atoms with Crippen LogP contribution in [0.2, 0.25) is 5.02 Å². The number of amides is 1. The minimum Gasteiger partial charge on any atom is -0.408 e. The molecule has 0 aliphatic heterocycles. The molecule has 2 aromatic carbocycles. The summed E-state index contributed by atoms with van der Waals surface area (Å²) in [6, 6.07) is 8.96. The SMILES string of the molecule is Cc1cc2nc(CCNC(=O)Cn3c(=O)oc4ccc(Cl)cc43)[nH]c2cc1C. The second-order valence-corrected chi connectivity index (χ2v) is 7.24. The smallest absolute Gasteiger partial charge is 0.408 e. The van der Waals surface area contributed by atoms with Crippen LogP contribution in [0.1, 0.15) is 17.0 Å². The lowest BCUT2D eigenvalue weighted by Crippen LogP contribution is -2.32. The van der Waals surface area contributed by atoms with Gasteiger partial charge in [-0.25, -0.2) is 9.78 Å². The van der Waals surface area contributed by atoms with Crippen LogP contribution < -0.4 is 11.1 Å². The molecule has 1 amide bonds. The number of halogens is 1. The third-order valence-corrected chi connectivity index (χ3v) is 5.00. The molecule has 0 atom stereocenters. The van der Waals surface area contributed by atoms with Gasteiger partial charge in [0.05, 0.1) is 16.6 Å². The number of aromatic nitrogens is 3. The van der Waals surface area contributed by atoms with Crippen molar-refractivity contribution in [3.63, 3.8) is 0 Å². The summed E-state index contributed by atoms with van der Waals surface area (Å²) in [4.78, 5) is 32.1. The van der Waals surface area contributed by atoms with E-state index in [0.717, 1.165) is 16.9 Å². The molecule has 4 aromatic rings. The highest BCUT2D eigenvalue weighted by atomic mass is 35.5. The molecule has 7 nitrogen and oxygen atoms in total. The monoisotopic (exact) mass is 398 g/mol. The van der Waals surface area contributed by atoms with Gasteiger partial charge in [0, 0.05) is 18.0 Å². The Morgan fingerprint density at radius 2 is 2.04 bits per heavy atom. The largest absolute Gasteiger partial charge is 0.420 e. The maximum atomic E-state index is 12.3. The number of oxazole rings is 1. The summed E-state index contributed by atoms with van der Waals surface area (Å²) in [7, 11) is 0. The van der Waals surface area contributed by atoms with E-state index >= 15 is 0 Å². The van der Waals surface area contributed by atoms with Gasteiger partial charge in [-0.15, -0.1) is 0 Å². The zero-order chi connectivity index (χ0) is 19.8. The molecular formula is C20H19ClN4O3. The predicted molar refractivity (Wildman–Crippen MR) is 108 cm³/mol. The van der Waals surface area contributed by atoms with Gasteiger partial charge in [-0.3, -0.25) is 9.36 Å². The fraction of sp³-hybridized carbons (Fsp3) is 0.250. The van der Waals surface area contributed by atoms with E-state index in [4.69, 9.17) is 16.0 Å². The van der Waals surface area contributed by atoms with Crippen molar-refractivity contribution in [2.75, 3.05) is 6.54 Å². The Morgan fingerprint density at radius 3 is 2.86 bits per heavy atom. The van der Waals surface area contributed by atoms with E-state index in [0.29, 0.717) is 29.1 Å². The van der Waals surface area contributed by atoms with E-state index in [9.17, 15) is 9.59 Å². The van der Waals surface area contributed by atoms with Crippen LogP contribution in [0.3, 0.4) is 0 Å². The summed E-state index contributed by atoms with van der Waals surface area (Å²) in [6.45, 7) is 4.38. The molecular weight excluding hydrogens is 380 g/mol. The Labute approximate surface area is 165 Å². The molecule has 0 aliphatic carbocycles. The molecule has 0 fully saturated rings. The lowest BCUT2D eigenvalue weighted by molar-refractivity contribution is -0.121. The van der Waals surface area contributed by atoms with Crippen LogP contribution in [0.25, 0.3) is 22.1 Å². The number of benzene rings is 2. The van der Waals surface area contributed by atoms with E-state index in [-0.39, 0.29) is 12.5 Å². The first-order chi connectivity index (χ1) is 13.4. The van der Waals surface area contributed by atoms with Crippen molar-refractivity contribution >= 4 is 39.6 Å². The maximum Gasteiger partial charge on any atom is 0.420 e. The molecule has 0 bridgehead atoms. The first-order valence-corrected chi connectivity index (χ1v) is 9.30. The van der Waals surface area contributed by atoms with Crippen molar-refractivity contribution in [3.05, 3.63) is 62.9 Å². The standard InChI is InChI=1S/C20H19ClN4O3/c1-11-7-14-15(8-12(11)2)24-18(23-14)5-6-22-19(26)10-25-16-9-13(21)3-4-17(16)28-20(25)27/h3-4,7-9H,5-6,10H2,1-2H3,(H,22,26)(H,23,24). The highest BCUT2D eigenvalue weighted by Crippen LogP contribution is 2.19. The molecule has 0 radical (unpaired) electrons. The number of aromatic amines is 1. The van der Waals surface area contributed by atoms with Crippen LogP contribution in [-0.4, -0.2) is 27.0 Å². The number of imidazole rings is 1. The minimum absolute atomic E-state index is 0.134. The predicted octanol–water partition coefficient (Wildman–Crippen LogP) is 3.10. The molecule has 4 rings (SSSR count). The molecule has 0 aliphatic rings. The quantitative estimate of drug-likeness (QED) is 0.540. The molecule has 2 N–H and O–H groups in total. The molecule has 2 aromatic heterocycles. The highest BCUT2D eigenvalue weighted by Gasteiger charge is 2.13. The van der Waals surface area contributed by atoms with Gasteiger partial charge >= 0.3 is 5.76 Å². The topological polar surface area (TPSA) is 92.9 Å². The van der Waals surface area contributed by atoms with Crippen LogP contribution in [0.5, 0.6) is 0 Å². The average Bonchev–Trinajstić information content (AvgIpc) is 3.16. The van der Waals surface area contributed by atoms with Gasteiger partial charge in [-0.1, -0.05) is 11.6 Å². The Bertz CT molecular complexity index is 1210. The van der Waals surface area contributed by atoms with Crippen LogP contribution >= 0.6 is 11.6 Å². The number of fused-ring (bicyclic) bond motifs is 2.